The summed E-state index contributed by atoms with van der Waals surface area (Å²) in [4.78, 5) is 16.7. The van der Waals surface area contributed by atoms with Crippen molar-refractivity contribution in [3.05, 3.63) is 89.7 Å². The first-order valence-corrected chi connectivity index (χ1v) is 11.3. The number of sulfonamides is 1. The summed E-state index contributed by atoms with van der Waals surface area (Å²) in [5, 5.41) is 3.87. The Labute approximate surface area is 187 Å². The number of pyridine rings is 1. The number of aryl methyl sites for hydroxylation is 1. The van der Waals surface area contributed by atoms with E-state index in [4.69, 9.17) is 4.74 Å². The van der Waals surface area contributed by atoms with E-state index in [1.54, 1.807) is 49.5 Å². The molecule has 1 heterocycles. The number of amides is 1. The molecule has 0 unspecified atom stereocenters. The van der Waals surface area contributed by atoms with Crippen LogP contribution in [0, 0.1) is 6.92 Å². The molecule has 1 N–H and O–H groups in total. The molecule has 9 heteroatoms. The zero-order valence-electron chi connectivity index (χ0n) is 17.8. The normalized spacial score (nSPS) is 11.6. The molecule has 0 bridgehead atoms. The number of benzene rings is 2. The van der Waals surface area contributed by atoms with Crippen LogP contribution < -0.4 is 10.2 Å². The predicted molar refractivity (Wildman–Crippen MR) is 122 cm³/mol. The molecular weight excluding hydrogens is 428 g/mol. The molecule has 0 radical (unpaired) electrons. The maximum atomic E-state index is 13.4. The van der Waals surface area contributed by atoms with Gasteiger partial charge < -0.3 is 4.74 Å². The SMILES string of the molecule is COc1ccc(S(=O)(=O)N(CC(=O)N/N=C/c2ccccn2)Cc2ccccc2)cc1C. The van der Waals surface area contributed by atoms with Gasteiger partial charge in [0, 0.05) is 12.7 Å². The molecule has 1 aromatic heterocycles. The summed E-state index contributed by atoms with van der Waals surface area (Å²) in [6, 6.07) is 19.0. The summed E-state index contributed by atoms with van der Waals surface area (Å²) in [6.07, 6.45) is 2.99. The fourth-order valence-corrected chi connectivity index (χ4v) is 4.46. The number of carbonyl (C=O) groups is 1. The molecule has 0 spiro atoms. The van der Waals surface area contributed by atoms with Gasteiger partial charge in [0.15, 0.2) is 0 Å². The van der Waals surface area contributed by atoms with E-state index in [2.05, 4.69) is 15.5 Å². The van der Waals surface area contributed by atoms with E-state index in [1.165, 1.54) is 25.5 Å². The van der Waals surface area contributed by atoms with Crippen LogP contribution in [0.5, 0.6) is 5.75 Å². The van der Waals surface area contributed by atoms with Gasteiger partial charge in [-0.1, -0.05) is 36.4 Å². The lowest BCUT2D eigenvalue weighted by Gasteiger charge is -2.22. The summed E-state index contributed by atoms with van der Waals surface area (Å²) < 4.78 is 33.1. The van der Waals surface area contributed by atoms with Gasteiger partial charge in [-0.05, 0) is 48.4 Å². The van der Waals surface area contributed by atoms with E-state index in [-0.39, 0.29) is 11.4 Å². The summed E-state index contributed by atoms with van der Waals surface area (Å²) >= 11 is 0. The first kappa shape index (κ1) is 23.1. The average molecular weight is 453 g/mol. The zero-order valence-corrected chi connectivity index (χ0v) is 18.6. The molecular formula is C23H24N4O4S. The molecule has 3 rings (SSSR count). The van der Waals surface area contributed by atoms with Crippen LogP contribution in [0.4, 0.5) is 0 Å². The number of hydrogen-bond acceptors (Lipinski definition) is 6. The highest BCUT2D eigenvalue weighted by atomic mass is 32.2. The van der Waals surface area contributed by atoms with Crippen LogP contribution in [0.1, 0.15) is 16.8 Å². The van der Waals surface area contributed by atoms with Crippen molar-refractivity contribution in [1.29, 1.82) is 0 Å². The minimum absolute atomic E-state index is 0.0334. The van der Waals surface area contributed by atoms with Gasteiger partial charge in [0.05, 0.1) is 30.5 Å². The van der Waals surface area contributed by atoms with Crippen LogP contribution >= 0.6 is 0 Å². The maximum absolute atomic E-state index is 13.4. The van der Waals surface area contributed by atoms with Gasteiger partial charge in [0.25, 0.3) is 5.91 Å². The van der Waals surface area contributed by atoms with Crippen molar-refractivity contribution in [2.75, 3.05) is 13.7 Å². The van der Waals surface area contributed by atoms with Crippen LogP contribution in [0.25, 0.3) is 0 Å². The fourth-order valence-electron chi connectivity index (χ4n) is 2.99. The van der Waals surface area contributed by atoms with E-state index in [9.17, 15) is 13.2 Å². The largest absolute Gasteiger partial charge is 0.496 e. The lowest BCUT2D eigenvalue weighted by Crippen LogP contribution is -2.39. The Balaban J connectivity index is 1.82. The molecule has 32 heavy (non-hydrogen) atoms. The number of nitrogens with zero attached hydrogens (tertiary/aromatic N) is 3. The lowest BCUT2D eigenvalue weighted by molar-refractivity contribution is -0.121. The average Bonchev–Trinajstić information content (AvgIpc) is 2.80. The first-order valence-electron chi connectivity index (χ1n) is 9.82. The second kappa shape index (κ2) is 10.7. The lowest BCUT2D eigenvalue weighted by atomic mass is 10.2. The molecule has 0 aliphatic heterocycles. The van der Waals surface area contributed by atoms with E-state index in [1.807, 2.05) is 18.2 Å². The molecule has 166 valence electrons. The van der Waals surface area contributed by atoms with Gasteiger partial charge in [-0.2, -0.15) is 9.41 Å². The minimum atomic E-state index is -3.97. The van der Waals surface area contributed by atoms with Crippen LogP contribution in [0.3, 0.4) is 0 Å². The van der Waals surface area contributed by atoms with Crippen LogP contribution in [-0.2, 0) is 21.4 Å². The molecule has 8 nitrogen and oxygen atoms in total. The number of methoxy groups -OCH3 is 1. The number of aromatic nitrogens is 1. The quantitative estimate of drug-likeness (QED) is 0.397. The van der Waals surface area contributed by atoms with Gasteiger partial charge in [-0.25, -0.2) is 13.8 Å². The van der Waals surface area contributed by atoms with Crippen molar-refractivity contribution in [3.63, 3.8) is 0 Å². The predicted octanol–water partition coefficient (Wildman–Crippen LogP) is 2.74. The van der Waals surface area contributed by atoms with Gasteiger partial charge in [0.2, 0.25) is 10.0 Å². The second-order valence-corrected chi connectivity index (χ2v) is 8.88. The zero-order chi connectivity index (χ0) is 23.0. The molecule has 0 saturated heterocycles. The highest BCUT2D eigenvalue weighted by molar-refractivity contribution is 7.89. The van der Waals surface area contributed by atoms with Crippen molar-refractivity contribution in [2.24, 2.45) is 5.10 Å². The molecule has 0 saturated carbocycles. The Kier molecular flexibility index (Phi) is 7.69. The van der Waals surface area contributed by atoms with Crippen molar-refractivity contribution in [1.82, 2.24) is 14.7 Å². The summed E-state index contributed by atoms with van der Waals surface area (Å²) in [5.41, 5.74) is 4.36. The van der Waals surface area contributed by atoms with Gasteiger partial charge in [-0.3, -0.25) is 9.78 Å². The summed E-state index contributed by atoms with van der Waals surface area (Å²) in [7, 11) is -2.44. The standard InChI is InChI=1S/C23H24N4O4S/c1-18-14-21(11-12-22(18)31-2)32(29,30)27(16-19-8-4-3-5-9-19)17-23(28)26-25-15-20-10-6-7-13-24-20/h3-15H,16-17H2,1-2H3,(H,26,28)/b25-15+. The monoisotopic (exact) mass is 452 g/mol. The Morgan fingerprint density at radius 1 is 1.12 bits per heavy atom. The third kappa shape index (κ3) is 5.99. The number of hydrogen-bond donors (Lipinski definition) is 1. The topological polar surface area (TPSA) is 101 Å². The van der Waals surface area contributed by atoms with Crippen LogP contribution in [0.15, 0.2) is 82.9 Å². The number of hydrazone groups is 1. The number of carbonyl (C=O) groups excluding carboxylic acids is 1. The molecule has 0 fully saturated rings. The van der Waals surface area contributed by atoms with Gasteiger partial charge >= 0.3 is 0 Å². The number of rotatable bonds is 9. The number of nitrogens with one attached hydrogen (secondary N) is 1. The smallest absolute Gasteiger partial charge is 0.255 e. The van der Waals surface area contributed by atoms with E-state index >= 15 is 0 Å². The third-order valence-electron chi connectivity index (χ3n) is 4.60. The van der Waals surface area contributed by atoms with Crippen molar-refractivity contribution >= 4 is 22.1 Å². The van der Waals surface area contributed by atoms with Gasteiger partial charge in [-0.15, -0.1) is 0 Å². The van der Waals surface area contributed by atoms with Crippen LogP contribution in [-0.4, -0.2) is 43.5 Å². The Morgan fingerprint density at radius 2 is 1.88 bits per heavy atom. The molecule has 2 aromatic carbocycles. The first-order chi connectivity index (χ1) is 15.4. The molecule has 0 atom stereocenters. The number of ether oxygens (including phenoxy) is 1. The second-order valence-electron chi connectivity index (χ2n) is 6.94. The molecule has 3 aromatic rings. The summed E-state index contributed by atoms with van der Waals surface area (Å²) in [5.74, 6) is 0.0158. The van der Waals surface area contributed by atoms with E-state index < -0.39 is 22.5 Å². The van der Waals surface area contributed by atoms with E-state index in [0.717, 1.165) is 9.87 Å². The highest BCUT2D eigenvalue weighted by Gasteiger charge is 2.27. The van der Waals surface area contributed by atoms with Gasteiger partial charge in [0.1, 0.15) is 5.75 Å². The highest BCUT2D eigenvalue weighted by Crippen LogP contribution is 2.24. The summed E-state index contributed by atoms with van der Waals surface area (Å²) in [6.45, 7) is 1.39. The Morgan fingerprint density at radius 3 is 2.53 bits per heavy atom. The fraction of sp³-hybridized carbons (Fsp3) is 0.174. The molecule has 0 aliphatic rings. The van der Waals surface area contributed by atoms with Crippen molar-refractivity contribution in [2.45, 2.75) is 18.4 Å². The molecule has 0 aliphatic carbocycles. The minimum Gasteiger partial charge on any atom is -0.496 e. The molecule has 1 amide bonds. The maximum Gasteiger partial charge on any atom is 0.255 e. The Hall–Kier alpha value is -3.56. The van der Waals surface area contributed by atoms with Crippen LogP contribution in [0.2, 0.25) is 0 Å². The van der Waals surface area contributed by atoms with E-state index in [0.29, 0.717) is 17.0 Å². The van der Waals surface area contributed by atoms with Crippen molar-refractivity contribution < 1.29 is 17.9 Å². The Bertz CT molecular complexity index is 1180. The third-order valence-corrected chi connectivity index (χ3v) is 6.39. The van der Waals surface area contributed by atoms with Crippen molar-refractivity contribution in [3.8, 4) is 5.75 Å².